The molecule has 0 bridgehead atoms. The van der Waals surface area contributed by atoms with E-state index in [-0.39, 0.29) is 36.4 Å². The number of quaternary nitrogens is 8. The number of piperidine rings is 1. The van der Waals surface area contributed by atoms with Gasteiger partial charge in [-0.05, 0) is 45.7 Å². The second-order valence-corrected chi connectivity index (χ2v) is 36.1. The highest BCUT2D eigenvalue weighted by Gasteiger charge is 2.28. The summed E-state index contributed by atoms with van der Waals surface area (Å²) in [5.41, 5.74) is 0. The first-order valence-electron chi connectivity index (χ1n) is 50.8. The predicted molar refractivity (Wildman–Crippen MR) is 507 cm³/mol. The van der Waals surface area contributed by atoms with E-state index in [0.717, 1.165) is 256 Å². The summed E-state index contributed by atoms with van der Waals surface area (Å²) in [6.45, 7) is 57.3. The van der Waals surface area contributed by atoms with Crippen LogP contribution in [-0.2, 0) is 162 Å². The van der Waals surface area contributed by atoms with Crippen molar-refractivity contribution in [2.45, 2.75) is 91.0 Å². The maximum absolute atomic E-state index is 11.6. The van der Waals surface area contributed by atoms with E-state index in [1.54, 1.807) is 59.6 Å². The van der Waals surface area contributed by atoms with E-state index >= 15 is 0 Å². The lowest BCUT2D eigenvalue weighted by Crippen LogP contribution is -3.14. The molecular formula is C93H195N9O34S+8. The predicted octanol–water partition coefficient (Wildman–Crippen LogP) is -9.74. The van der Waals surface area contributed by atoms with Gasteiger partial charge < -0.3 is 182 Å². The first-order valence-corrected chi connectivity index (χ1v) is 52.6. The van der Waals surface area contributed by atoms with Crippen molar-refractivity contribution in [2.75, 3.05) is 496 Å². The highest BCUT2D eigenvalue weighted by Crippen LogP contribution is 2.25. The maximum Gasteiger partial charge on any atom is 0.309 e. The quantitative estimate of drug-likeness (QED) is 0.0118. The Morgan fingerprint density at radius 2 is 0.606 bits per heavy atom. The number of methoxy groups -OCH3 is 7. The van der Waals surface area contributed by atoms with Crippen molar-refractivity contribution in [3.63, 3.8) is 0 Å². The van der Waals surface area contributed by atoms with Crippen LogP contribution in [0.5, 0.6) is 0 Å². The van der Waals surface area contributed by atoms with Gasteiger partial charge in [-0.3, -0.25) is 14.4 Å². The topological polar surface area (TPSA) is 401 Å². The van der Waals surface area contributed by atoms with Crippen LogP contribution >= 0.6 is 0 Å². The molecule has 10 aliphatic rings. The van der Waals surface area contributed by atoms with Crippen molar-refractivity contribution in [1.29, 1.82) is 0 Å². The maximum atomic E-state index is 11.6. The van der Waals surface area contributed by atoms with Gasteiger partial charge in [-0.15, -0.1) is 0 Å². The second kappa shape index (κ2) is 97.7. The molecule has 0 aromatic heterocycles. The summed E-state index contributed by atoms with van der Waals surface area (Å²) in [7, 11) is 8.74. The molecule has 1 aliphatic carbocycles. The number of carbonyl (C=O) groups is 3. The van der Waals surface area contributed by atoms with Crippen molar-refractivity contribution < 1.29 is 199 Å². The van der Waals surface area contributed by atoms with Crippen LogP contribution in [0.25, 0.3) is 0 Å². The number of ether oxygens (including phenoxy) is 29. The molecule has 0 amide bonds. The third-order valence-electron chi connectivity index (χ3n) is 23.1. The Balaban J connectivity index is 0.000000532. The number of esters is 3. The molecule has 0 aromatic carbocycles. The normalized spacial score (nSPS) is 19.6. The van der Waals surface area contributed by atoms with Crippen LogP contribution in [-0.4, -0.2) is 541 Å². The lowest BCUT2D eigenvalue weighted by atomic mass is 10.1. The van der Waals surface area contributed by atoms with Crippen molar-refractivity contribution in [1.82, 2.24) is 5.32 Å². The van der Waals surface area contributed by atoms with E-state index in [0.29, 0.717) is 197 Å². The van der Waals surface area contributed by atoms with Crippen LogP contribution in [0.3, 0.4) is 0 Å². The van der Waals surface area contributed by atoms with Gasteiger partial charge in [0.2, 0.25) is 0 Å². The molecule has 44 heteroatoms. The Labute approximate surface area is 821 Å². The molecule has 3 atom stereocenters. The number of hydrogen-bond acceptors (Lipinski definition) is 35. The Morgan fingerprint density at radius 3 is 0.934 bits per heavy atom. The van der Waals surface area contributed by atoms with Crippen molar-refractivity contribution in [3.05, 3.63) is 0 Å². The molecule has 9 saturated heterocycles. The van der Waals surface area contributed by atoms with Gasteiger partial charge in [0.25, 0.3) is 0 Å². The number of nitrogens with one attached hydrogen (secondary N) is 9. The highest BCUT2D eigenvalue weighted by molar-refractivity contribution is 7.91. The van der Waals surface area contributed by atoms with Crippen LogP contribution in [0.2, 0.25) is 0 Å². The van der Waals surface area contributed by atoms with Gasteiger partial charge >= 0.3 is 17.9 Å². The lowest BCUT2D eigenvalue weighted by Gasteiger charge is -2.25. The van der Waals surface area contributed by atoms with Gasteiger partial charge in [0, 0.05) is 69.7 Å². The average Bonchev–Trinajstić information content (AvgIpc) is 1.24. The summed E-state index contributed by atoms with van der Waals surface area (Å²) in [5, 5.41) is 3.28. The van der Waals surface area contributed by atoms with Crippen LogP contribution in [0, 0.1) is 5.92 Å². The SMILES string of the molecule is C1CCNCC1.CC(=O)OCC[NH+]1CCOCC1.CCC(=O)OCC[NH+]1CCOCC1.CCOC(COC)OCC[NH+]1CCOCC1.COCCOCC(OCCOC)OCC[NH+]1CCOCC1.COCCOCCOCC(OCCOCCOC)OCC[NH+]1CCOCC1.COCOCC[NH+]1CCOCC1.COCOCC[NH+]1CCS(=O)(=O)CC1.O=C(OCC[NH+]1CCOCC1)C1CCCC1. The second-order valence-electron chi connectivity index (χ2n) is 33.8. The molecule has 814 valence electrons. The minimum Gasteiger partial charge on any atom is -0.460 e. The Hall–Kier alpha value is -3.04. The van der Waals surface area contributed by atoms with Crippen LogP contribution in [0.4, 0.5) is 0 Å². The minimum absolute atomic E-state index is 0.0326. The van der Waals surface area contributed by atoms with Gasteiger partial charge in [-0.1, -0.05) is 26.2 Å². The number of sulfone groups is 1. The third kappa shape index (κ3) is 82.8. The van der Waals surface area contributed by atoms with Crippen molar-refractivity contribution in [2.24, 2.45) is 5.92 Å². The first-order chi connectivity index (χ1) is 67.1. The molecule has 9 aliphatic heterocycles. The zero-order valence-corrected chi connectivity index (χ0v) is 87.2. The van der Waals surface area contributed by atoms with Gasteiger partial charge in [-0.2, -0.15) is 0 Å². The number of hydrogen-bond donors (Lipinski definition) is 9. The van der Waals surface area contributed by atoms with Crippen molar-refractivity contribution in [3.8, 4) is 0 Å². The van der Waals surface area contributed by atoms with Crippen LogP contribution < -0.4 is 44.5 Å². The molecule has 137 heavy (non-hydrogen) atoms. The Kier molecular flexibility index (Phi) is 92.7. The fraction of sp³-hybridized carbons (Fsp3) is 0.968. The molecule has 9 N–H and O–H groups in total. The molecule has 0 radical (unpaired) electrons. The van der Waals surface area contributed by atoms with E-state index in [1.165, 1.54) is 81.5 Å². The molecular weight excluding hydrogens is 1820 g/mol. The molecule has 10 fully saturated rings. The minimum atomic E-state index is -2.74. The van der Waals surface area contributed by atoms with E-state index in [9.17, 15) is 22.8 Å². The summed E-state index contributed by atoms with van der Waals surface area (Å²) >= 11 is 0. The largest absolute Gasteiger partial charge is 0.460 e. The fourth-order valence-electron chi connectivity index (χ4n) is 14.7. The molecule has 43 nitrogen and oxygen atoms in total. The lowest BCUT2D eigenvalue weighted by molar-refractivity contribution is -0.908. The first kappa shape index (κ1) is 130. The molecule has 1 saturated carbocycles. The summed E-state index contributed by atoms with van der Waals surface area (Å²) in [6.07, 6.45) is 8.14. The fourth-order valence-corrected chi connectivity index (χ4v) is 16.1. The summed E-state index contributed by atoms with van der Waals surface area (Å²) in [5.74, 6) is 0.555. The van der Waals surface area contributed by atoms with Crippen molar-refractivity contribution >= 4 is 27.7 Å². The molecule has 0 aromatic rings. The van der Waals surface area contributed by atoms with E-state index in [4.69, 9.17) is 137 Å². The Bertz CT molecular complexity index is 2650. The van der Waals surface area contributed by atoms with Gasteiger partial charge in [-0.25, -0.2) is 8.42 Å². The van der Waals surface area contributed by atoms with E-state index in [1.807, 2.05) is 13.8 Å². The average molecular weight is 2020 g/mol. The summed E-state index contributed by atoms with van der Waals surface area (Å²) < 4.78 is 175. The van der Waals surface area contributed by atoms with Gasteiger partial charge in [0.1, 0.15) is 177 Å². The van der Waals surface area contributed by atoms with Gasteiger partial charge in [0.05, 0.1) is 255 Å². The molecule has 0 spiro atoms. The third-order valence-corrected chi connectivity index (χ3v) is 24.8. The van der Waals surface area contributed by atoms with Crippen LogP contribution in [0.15, 0.2) is 0 Å². The van der Waals surface area contributed by atoms with Gasteiger partial charge in [0.15, 0.2) is 28.7 Å². The zero-order valence-electron chi connectivity index (χ0n) is 86.3. The number of carbonyl (C=O) groups excluding carboxylic acids is 3. The molecule has 3 unspecified atom stereocenters. The zero-order chi connectivity index (χ0) is 99.1. The molecule has 9 heterocycles. The number of morpholine rings is 7. The highest BCUT2D eigenvalue weighted by atomic mass is 32.2. The summed E-state index contributed by atoms with van der Waals surface area (Å²) in [6, 6.07) is 0. The molecule has 10 rings (SSSR count). The number of rotatable bonds is 61. The van der Waals surface area contributed by atoms with E-state index < -0.39 is 16.1 Å². The van der Waals surface area contributed by atoms with Crippen LogP contribution in [0.1, 0.15) is 72.1 Å². The van der Waals surface area contributed by atoms with E-state index in [2.05, 4.69) is 5.32 Å². The monoisotopic (exact) mass is 2010 g/mol. The Morgan fingerprint density at radius 1 is 0.307 bits per heavy atom. The smallest absolute Gasteiger partial charge is 0.309 e. The standard InChI is InChI=1S/C18H37NO8.C14H29NO6.C12H21NO3.C11H23NO4.C9H17NO3.C8H17NO4S.C8H17NO3.C8H15NO3.C5H11N/c1-20-9-11-23-13-14-25-17-18(27-16-15-24-12-10-21-2)26-8-5-19-3-6-22-7-4-19;1-16-9-11-19-13-14(21-12-10-17-2)20-8-5-15-3-6-18-7-4-15;14-12(11-3-1-2-4-11)16-10-7-13-5-8-15-9-6-13;1-3-15-11(10-13-2)16-9-6-12-4-7-14-8-5-12;1-2-9(11)13-8-5-10-3-6-12-7-4-10;1-12-8-13-5-2-9-3-6-14(10,11)7-4-9;1-10-8-12-7-4-9-2-5-11-6-3-9;1-8(10)12-7-4-9-2-5-11-6-3-9;1-2-4-6-5-3-1/h18H,3-17H2,1-2H3;14H,3-13H2,1-2H3;11H,1-10H2;11H,3-10H2,1-2H3;2-8H2,1H3;2-8H2,1H3;2-8H2,1H3;2-7H2,1H3;6H,1-5H2/p+8. The summed E-state index contributed by atoms with van der Waals surface area (Å²) in [4.78, 5) is 44.7.